The molecule has 1 saturated heterocycles. The van der Waals surface area contributed by atoms with E-state index in [1.165, 1.54) is 29.0 Å². The van der Waals surface area contributed by atoms with Crippen molar-refractivity contribution in [3.63, 3.8) is 0 Å². The minimum Gasteiger partial charge on any atom is -0.352 e. The largest absolute Gasteiger partial charge is 0.416 e. The van der Waals surface area contributed by atoms with Crippen molar-refractivity contribution in [1.82, 2.24) is 20.1 Å². The number of amides is 1. The first-order valence-electron chi connectivity index (χ1n) is 11.1. The van der Waals surface area contributed by atoms with Gasteiger partial charge in [-0.2, -0.15) is 13.2 Å². The second kappa shape index (κ2) is 10.7. The van der Waals surface area contributed by atoms with Gasteiger partial charge in [0.2, 0.25) is 5.91 Å². The quantitative estimate of drug-likeness (QED) is 0.535. The van der Waals surface area contributed by atoms with E-state index in [1.807, 2.05) is 12.1 Å². The molecule has 1 amide bonds. The van der Waals surface area contributed by atoms with Gasteiger partial charge in [0.1, 0.15) is 5.01 Å². The smallest absolute Gasteiger partial charge is 0.352 e. The molecule has 2 aromatic carbocycles. The number of carbonyl (C=O) groups is 1. The van der Waals surface area contributed by atoms with Gasteiger partial charge >= 0.3 is 6.18 Å². The summed E-state index contributed by atoms with van der Waals surface area (Å²) in [5.41, 5.74) is 2.78. The fraction of sp³-hybridized carbons (Fsp3) is 0.360. The minimum absolute atomic E-state index is 0.123. The van der Waals surface area contributed by atoms with Gasteiger partial charge in [-0.1, -0.05) is 36.4 Å². The summed E-state index contributed by atoms with van der Waals surface area (Å²) in [6.45, 7) is 5.60. The van der Waals surface area contributed by atoms with E-state index >= 15 is 0 Å². The molecule has 0 bridgehead atoms. The number of nitrogens with one attached hydrogen (secondary N) is 1. The molecule has 4 rings (SSSR count). The Balaban J connectivity index is 1.28. The molecule has 0 aliphatic carbocycles. The Morgan fingerprint density at radius 2 is 1.76 bits per heavy atom. The predicted molar refractivity (Wildman–Crippen MR) is 127 cm³/mol. The van der Waals surface area contributed by atoms with Gasteiger partial charge in [-0.25, -0.2) is 4.98 Å². The number of hydrogen-bond acceptors (Lipinski definition) is 5. The highest BCUT2D eigenvalue weighted by atomic mass is 32.1. The van der Waals surface area contributed by atoms with Gasteiger partial charge in [0.15, 0.2) is 0 Å². The molecule has 0 atom stereocenters. The highest BCUT2D eigenvalue weighted by molar-refractivity contribution is 7.13. The molecule has 1 aromatic heterocycles. The first-order valence-corrected chi connectivity index (χ1v) is 12.0. The molecule has 0 unspecified atom stereocenters. The molecule has 1 N–H and O–H groups in total. The van der Waals surface area contributed by atoms with E-state index in [9.17, 15) is 18.0 Å². The molecule has 2 heterocycles. The third-order valence-electron chi connectivity index (χ3n) is 5.84. The van der Waals surface area contributed by atoms with Crippen molar-refractivity contribution in [3.8, 4) is 10.6 Å². The number of carbonyl (C=O) groups excluding carboxylic acids is 1. The molecule has 0 radical (unpaired) electrons. The van der Waals surface area contributed by atoms with E-state index in [-0.39, 0.29) is 12.3 Å². The summed E-state index contributed by atoms with van der Waals surface area (Å²) >= 11 is 1.31. The first kappa shape index (κ1) is 24.4. The molecule has 1 aliphatic heterocycles. The maximum Gasteiger partial charge on any atom is 0.416 e. The SMILES string of the molecule is CN1CCN(Cc2cccc(CNC(=O)Cc3csc(-c4ccc(C(F)(F)F)cc4)n3)c2)CC1. The number of benzene rings is 2. The third-order valence-corrected chi connectivity index (χ3v) is 6.78. The van der Waals surface area contributed by atoms with Gasteiger partial charge in [0.05, 0.1) is 17.7 Å². The van der Waals surface area contributed by atoms with Crippen molar-refractivity contribution in [2.75, 3.05) is 33.2 Å². The Bertz CT molecular complexity index is 1110. The van der Waals surface area contributed by atoms with Crippen LogP contribution in [0.25, 0.3) is 10.6 Å². The molecule has 1 aliphatic rings. The van der Waals surface area contributed by atoms with Crippen LogP contribution in [-0.4, -0.2) is 53.9 Å². The Morgan fingerprint density at radius 3 is 2.47 bits per heavy atom. The average molecular weight is 489 g/mol. The third kappa shape index (κ3) is 6.65. The monoisotopic (exact) mass is 488 g/mol. The second-order valence-electron chi connectivity index (χ2n) is 8.57. The van der Waals surface area contributed by atoms with Crippen LogP contribution in [0.1, 0.15) is 22.4 Å². The van der Waals surface area contributed by atoms with Crippen LogP contribution in [0.2, 0.25) is 0 Å². The van der Waals surface area contributed by atoms with E-state index in [0.29, 0.717) is 22.8 Å². The molecule has 5 nitrogen and oxygen atoms in total. The van der Waals surface area contributed by atoms with Crippen molar-refractivity contribution < 1.29 is 18.0 Å². The van der Waals surface area contributed by atoms with Gasteiger partial charge in [0, 0.05) is 50.2 Å². The number of aromatic nitrogens is 1. The summed E-state index contributed by atoms with van der Waals surface area (Å²) in [6.07, 6.45) is -4.24. The van der Waals surface area contributed by atoms with E-state index in [1.54, 1.807) is 5.38 Å². The van der Waals surface area contributed by atoms with Crippen molar-refractivity contribution in [2.24, 2.45) is 0 Å². The van der Waals surface area contributed by atoms with Crippen LogP contribution in [-0.2, 0) is 30.5 Å². The van der Waals surface area contributed by atoms with E-state index < -0.39 is 11.7 Å². The van der Waals surface area contributed by atoms with Crippen molar-refractivity contribution in [1.29, 1.82) is 0 Å². The number of thiazole rings is 1. The van der Waals surface area contributed by atoms with Gasteiger partial charge in [-0.05, 0) is 30.3 Å². The average Bonchev–Trinajstić information content (AvgIpc) is 3.27. The molecular weight excluding hydrogens is 461 g/mol. The van der Waals surface area contributed by atoms with E-state index in [4.69, 9.17) is 0 Å². The van der Waals surface area contributed by atoms with Gasteiger partial charge in [0.25, 0.3) is 0 Å². The number of likely N-dealkylation sites (N-methyl/N-ethyl adjacent to an activating group) is 1. The van der Waals surface area contributed by atoms with Crippen molar-refractivity contribution >= 4 is 17.2 Å². The summed E-state index contributed by atoms with van der Waals surface area (Å²) in [5, 5.41) is 5.30. The van der Waals surface area contributed by atoms with Crippen LogP contribution in [0, 0.1) is 0 Å². The van der Waals surface area contributed by atoms with Crippen molar-refractivity contribution in [2.45, 2.75) is 25.7 Å². The molecule has 0 saturated carbocycles. The lowest BCUT2D eigenvalue weighted by molar-refractivity contribution is -0.137. The summed E-state index contributed by atoms with van der Waals surface area (Å²) in [4.78, 5) is 21.6. The summed E-state index contributed by atoms with van der Waals surface area (Å²) < 4.78 is 38.2. The van der Waals surface area contributed by atoms with Gasteiger partial charge < -0.3 is 10.2 Å². The van der Waals surface area contributed by atoms with Crippen LogP contribution in [0.15, 0.2) is 53.9 Å². The summed E-state index contributed by atoms with van der Waals surface area (Å²) in [7, 11) is 2.14. The lowest BCUT2D eigenvalue weighted by atomic mass is 10.1. The zero-order valence-electron chi connectivity index (χ0n) is 18.9. The number of alkyl halides is 3. The molecule has 3 aromatic rings. The van der Waals surface area contributed by atoms with Crippen molar-refractivity contribution in [3.05, 3.63) is 76.3 Å². The molecule has 0 spiro atoms. The highest BCUT2D eigenvalue weighted by Gasteiger charge is 2.30. The number of rotatable bonds is 7. The zero-order chi connectivity index (χ0) is 24.1. The van der Waals surface area contributed by atoms with E-state index in [0.717, 1.165) is 50.4 Å². The fourth-order valence-electron chi connectivity index (χ4n) is 3.85. The molecule has 180 valence electrons. The zero-order valence-corrected chi connectivity index (χ0v) is 19.8. The fourth-order valence-corrected chi connectivity index (χ4v) is 4.68. The number of halogens is 3. The van der Waals surface area contributed by atoms with Crippen LogP contribution < -0.4 is 5.32 Å². The maximum atomic E-state index is 12.7. The normalized spacial score (nSPS) is 15.4. The minimum atomic E-state index is -4.37. The number of nitrogens with zero attached hydrogens (tertiary/aromatic N) is 3. The highest BCUT2D eigenvalue weighted by Crippen LogP contribution is 2.31. The molecule has 9 heteroatoms. The van der Waals surface area contributed by atoms with Crippen LogP contribution in [0.4, 0.5) is 13.2 Å². The van der Waals surface area contributed by atoms with Crippen LogP contribution >= 0.6 is 11.3 Å². The Hall–Kier alpha value is -2.75. The van der Waals surface area contributed by atoms with Crippen LogP contribution in [0.3, 0.4) is 0 Å². The lowest BCUT2D eigenvalue weighted by Gasteiger charge is -2.32. The lowest BCUT2D eigenvalue weighted by Crippen LogP contribution is -2.43. The Kier molecular flexibility index (Phi) is 7.65. The predicted octanol–water partition coefficient (Wildman–Crippen LogP) is 4.44. The van der Waals surface area contributed by atoms with Crippen LogP contribution in [0.5, 0.6) is 0 Å². The Morgan fingerprint density at radius 1 is 1.06 bits per heavy atom. The summed E-state index contributed by atoms with van der Waals surface area (Å²) in [6, 6.07) is 13.2. The second-order valence-corrected chi connectivity index (χ2v) is 9.43. The summed E-state index contributed by atoms with van der Waals surface area (Å²) in [5.74, 6) is -0.145. The number of piperazine rings is 1. The van der Waals surface area contributed by atoms with Gasteiger partial charge in [-0.3, -0.25) is 9.69 Å². The van der Waals surface area contributed by atoms with E-state index in [2.05, 4.69) is 39.3 Å². The Labute approximate surface area is 201 Å². The molecule has 1 fully saturated rings. The standard InChI is InChI=1S/C25H27F3N4OS/c1-31-9-11-32(12-10-31)16-19-4-2-3-18(13-19)15-29-23(33)14-22-17-34-24(30-22)20-5-7-21(8-6-20)25(26,27)28/h2-8,13,17H,9-12,14-16H2,1H3,(H,29,33). The molecular formula is C25H27F3N4OS. The molecule has 34 heavy (non-hydrogen) atoms. The number of hydrogen-bond donors (Lipinski definition) is 1. The maximum absolute atomic E-state index is 12.7. The topological polar surface area (TPSA) is 48.5 Å². The van der Waals surface area contributed by atoms with Gasteiger partial charge in [-0.15, -0.1) is 11.3 Å². The first-order chi connectivity index (χ1) is 16.3.